The largest absolute Gasteiger partial charge is 0.336 e. The van der Waals surface area contributed by atoms with E-state index in [1.807, 2.05) is 0 Å². The van der Waals surface area contributed by atoms with E-state index in [1.165, 1.54) is 0 Å². The van der Waals surface area contributed by atoms with Crippen LogP contribution in [-0.2, 0) is 10.0 Å². The number of rotatable bonds is 3. The Kier molecular flexibility index (Phi) is 4.06. The van der Waals surface area contributed by atoms with Crippen LogP contribution >= 0.6 is 0 Å². The van der Waals surface area contributed by atoms with Crippen molar-refractivity contribution in [2.75, 3.05) is 37.2 Å². The van der Waals surface area contributed by atoms with Crippen LogP contribution in [0, 0.1) is 0 Å². The van der Waals surface area contributed by atoms with Crippen LogP contribution in [0.1, 0.15) is 10.4 Å². The number of carbonyl (C=O) groups excluding carboxylic acids is 1. The Morgan fingerprint density at radius 1 is 1.21 bits per heavy atom. The molecule has 2 rings (SSSR count). The standard InChI is InChI=1S/C12H17N3O3S/c1-19(17,18)14-11-4-2-10(3-5-11)12(16)15-8-6-13-7-9-15/h2-5,13-14H,6-9H2,1H3. The summed E-state index contributed by atoms with van der Waals surface area (Å²) in [5.74, 6) is -0.0209. The number of hydrogen-bond donors (Lipinski definition) is 2. The highest BCUT2D eigenvalue weighted by molar-refractivity contribution is 7.92. The summed E-state index contributed by atoms with van der Waals surface area (Å²) in [5.41, 5.74) is 1.03. The summed E-state index contributed by atoms with van der Waals surface area (Å²) in [4.78, 5) is 13.9. The second kappa shape index (κ2) is 5.58. The third-order valence-corrected chi connectivity index (χ3v) is 3.45. The molecule has 0 saturated carbocycles. The molecule has 1 fully saturated rings. The van der Waals surface area contributed by atoms with E-state index in [2.05, 4.69) is 10.0 Å². The molecule has 1 aromatic rings. The Bertz CT molecular complexity index is 548. The van der Waals surface area contributed by atoms with Crippen LogP contribution in [0.2, 0.25) is 0 Å². The van der Waals surface area contributed by atoms with Crippen LogP contribution in [-0.4, -0.2) is 51.7 Å². The Morgan fingerprint density at radius 2 is 1.79 bits per heavy atom. The van der Waals surface area contributed by atoms with E-state index >= 15 is 0 Å². The summed E-state index contributed by atoms with van der Waals surface area (Å²) in [5, 5.41) is 3.19. The van der Waals surface area contributed by atoms with Gasteiger partial charge in [-0.05, 0) is 24.3 Å². The summed E-state index contributed by atoms with van der Waals surface area (Å²) in [6.45, 7) is 3.00. The van der Waals surface area contributed by atoms with Crippen molar-refractivity contribution in [3.05, 3.63) is 29.8 Å². The Hall–Kier alpha value is -1.60. The van der Waals surface area contributed by atoms with Gasteiger partial charge in [0.15, 0.2) is 0 Å². The zero-order chi connectivity index (χ0) is 13.9. The number of carbonyl (C=O) groups is 1. The number of anilines is 1. The third kappa shape index (κ3) is 3.93. The topological polar surface area (TPSA) is 78.5 Å². The van der Waals surface area contributed by atoms with E-state index in [0.29, 0.717) is 24.3 Å². The van der Waals surface area contributed by atoms with E-state index in [-0.39, 0.29) is 5.91 Å². The van der Waals surface area contributed by atoms with Crippen molar-refractivity contribution in [3.8, 4) is 0 Å². The number of nitrogens with zero attached hydrogens (tertiary/aromatic N) is 1. The first kappa shape index (κ1) is 13.8. The maximum atomic E-state index is 12.2. The molecule has 0 aliphatic carbocycles. The van der Waals surface area contributed by atoms with Gasteiger partial charge < -0.3 is 10.2 Å². The predicted molar refractivity (Wildman–Crippen MR) is 73.7 cm³/mol. The third-order valence-electron chi connectivity index (χ3n) is 2.84. The van der Waals surface area contributed by atoms with Crippen molar-refractivity contribution in [1.29, 1.82) is 0 Å². The summed E-state index contributed by atoms with van der Waals surface area (Å²) in [6.07, 6.45) is 1.09. The molecule has 1 aliphatic heterocycles. The number of sulfonamides is 1. The van der Waals surface area contributed by atoms with E-state index < -0.39 is 10.0 Å². The van der Waals surface area contributed by atoms with Crippen molar-refractivity contribution < 1.29 is 13.2 Å². The molecular weight excluding hydrogens is 266 g/mol. The van der Waals surface area contributed by atoms with Crippen molar-refractivity contribution in [3.63, 3.8) is 0 Å². The highest BCUT2D eigenvalue weighted by Gasteiger charge is 2.17. The molecule has 7 heteroatoms. The van der Waals surface area contributed by atoms with Crippen LogP contribution in [0.3, 0.4) is 0 Å². The lowest BCUT2D eigenvalue weighted by atomic mass is 10.1. The van der Waals surface area contributed by atoms with Crippen LogP contribution in [0.4, 0.5) is 5.69 Å². The average Bonchev–Trinajstić information content (AvgIpc) is 2.38. The molecule has 104 valence electrons. The van der Waals surface area contributed by atoms with Gasteiger partial charge in [0.1, 0.15) is 0 Å². The summed E-state index contributed by atoms with van der Waals surface area (Å²) in [6, 6.07) is 6.46. The fourth-order valence-electron chi connectivity index (χ4n) is 1.95. The molecule has 1 amide bonds. The van der Waals surface area contributed by atoms with Gasteiger partial charge in [-0.15, -0.1) is 0 Å². The van der Waals surface area contributed by atoms with Crippen molar-refractivity contribution >= 4 is 21.6 Å². The summed E-state index contributed by atoms with van der Waals surface area (Å²) in [7, 11) is -3.28. The minimum absolute atomic E-state index is 0.0209. The lowest BCUT2D eigenvalue weighted by molar-refractivity contribution is 0.0736. The molecule has 0 atom stereocenters. The van der Waals surface area contributed by atoms with Gasteiger partial charge in [0, 0.05) is 37.4 Å². The molecule has 6 nitrogen and oxygen atoms in total. The smallest absolute Gasteiger partial charge is 0.253 e. The molecule has 0 unspecified atom stereocenters. The van der Waals surface area contributed by atoms with Gasteiger partial charge in [-0.3, -0.25) is 9.52 Å². The van der Waals surface area contributed by atoms with Crippen molar-refractivity contribution in [2.45, 2.75) is 0 Å². The predicted octanol–water partition coefficient (Wildman–Crippen LogP) is 0.103. The van der Waals surface area contributed by atoms with Crippen molar-refractivity contribution in [2.24, 2.45) is 0 Å². The molecule has 19 heavy (non-hydrogen) atoms. The van der Waals surface area contributed by atoms with Gasteiger partial charge in [-0.1, -0.05) is 0 Å². The highest BCUT2D eigenvalue weighted by Crippen LogP contribution is 2.13. The van der Waals surface area contributed by atoms with Crippen molar-refractivity contribution in [1.82, 2.24) is 10.2 Å². The zero-order valence-electron chi connectivity index (χ0n) is 10.7. The monoisotopic (exact) mass is 283 g/mol. The second-order valence-corrected chi connectivity index (χ2v) is 6.24. The van der Waals surface area contributed by atoms with E-state index in [1.54, 1.807) is 29.2 Å². The zero-order valence-corrected chi connectivity index (χ0v) is 11.5. The first-order chi connectivity index (χ1) is 8.96. The fraction of sp³-hybridized carbons (Fsp3) is 0.417. The maximum absolute atomic E-state index is 12.2. The van der Waals surface area contributed by atoms with Gasteiger partial charge in [-0.2, -0.15) is 0 Å². The average molecular weight is 283 g/mol. The number of nitrogens with one attached hydrogen (secondary N) is 2. The number of amides is 1. The minimum atomic E-state index is -3.28. The van der Waals surface area contributed by atoms with Crippen LogP contribution in [0.25, 0.3) is 0 Å². The van der Waals surface area contributed by atoms with Gasteiger partial charge in [0.05, 0.1) is 6.26 Å². The van der Waals surface area contributed by atoms with E-state index in [9.17, 15) is 13.2 Å². The number of benzene rings is 1. The molecule has 1 heterocycles. The quantitative estimate of drug-likeness (QED) is 0.825. The van der Waals surface area contributed by atoms with E-state index in [0.717, 1.165) is 19.3 Å². The molecule has 2 N–H and O–H groups in total. The first-order valence-corrected chi connectivity index (χ1v) is 7.93. The van der Waals surface area contributed by atoms with Crippen LogP contribution in [0.15, 0.2) is 24.3 Å². The van der Waals surface area contributed by atoms with Crippen LogP contribution in [0.5, 0.6) is 0 Å². The number of piperazine rings is 1. The lowest BCUT2D eigenvalue weighted by Crippen LogP contribution is -2.46. The lowest BCUT2D eigenvalue weighted by Gasteiger charge is -2.27. The second-order valence-electron chi connectivity index (χ2n) is 4.49. The van der Waals surface area contributed by atoms with E-state index in [4.69, 9.17) is 0 Å². The first-order valence-electron chi connectivity index (χ1n) is 6.03. The molecule has 1 saturated heterocycles. The Balaban J connectivity index is 2.07. The minimum Gasteiger partial charge on any atom is -0.336 e. The molecule has 0 radical (unpaired) electrons. The molecule has 0 spiro atoms. The summed E-state index contributed by atoms with van der Waals surface area (Å²) < 4.78 is 24.5. The Morgan fingerprint density at radius 3 is 2.32 bits per heavy atom. The number of hydrogen-bond acceptors (Lipinski definition) is 4. The van der Waals surface area contributed by atoms with Gasteiger partial charge in [0.2, 0.25) is 10.0 Å². The normalized spacial score (nSPS) is 16.2. The summed E-state index contributed by atoms with van der Waals surface area (Å²) >= 11 is 0. The fourth-order valence-corrected chi connectivity index (χ4v) is 2.51. The molecule has 0 bridgehead atoms. The maximum Gasteiger partial charge on any atom is 0.253 e. The van der Waals surface area contributed by atoms with Crippen LogP contribution < -0.4 is 10.0 Å². The Labute approximate surface area is 112 Å². The molecule has 0 aromatic heterocycles. The molecule has 1 aliphatic rings. The molecule has 1 aromatic carbocycles. The molecular formula is C12H17N3O3S. The highest BCUT2D eigenvalue weighted by atomic mass is 32.2. The van der Waals surface area contributed by atoms with Gasteiger partial charge >= 0.3 is 0 Å². The SMILES string of the molecule is CS(=O)(=O)Nc1ccc(C(=O)N2CCNCC2)cc1. The van der Waals surface area contributed by atoms with Gasteiger partial charge in [-0.25, -0.2) is 8.42 Å². The van der Waals surface area contributed by atoms with Gasteiger partial charge in [0.25, 0.3) is 5.91 Å².